The Morgan fingerprint density at radius 2 is 2.05 bits per heavy atom. The molecule has 1 fully saturated rings. The van der Waals surface area contributed by atoms with Gasteiger partial charge in [-0.2, -0.15) is 13.2 Å². The molecule has 2 rings (SSSR count). The molecule has 11 heteroatoms. The second-order valence-corrected chi connectivity index (χ2v) is 6.10. The van der Waals surface area contributed by atoms with E-state index in [1.807, 2.05) is 6.92 Å². The largest absolute Gasteiger partial charge is 0.481 e. The summed E-state index contributed by atoms with van der Waals surface area (Å²) in [7, 11) is 0. The van der Waals surface area contributed by atoms with E-state index < -0.39 is 29.1 Å². The lowest BCUT2D eigenvalue weighted by molar-refractivity contribution is -0.143. The average molecular weight is 338 g/mol. The number of urea groups is 1. The summed E-state index contributed by atoms with van der Waals surface area (Å²) in [5.74, 6) is -1.70. The molecule has 2 heterocycles. The molecule has 2 atom stereocenters. The fraction of sp³-hybridized carbons (Fsp3) is 0.636. The molecule has 1 aliphatic heterocycles. The van der Waals surface area contributed by atoms with Gasteiger partial charge in [-0.25, -0.2) is 4.79 Å². The van der Waals surface area contributed by atoms with Crippen molar-refractivity contribution in [3.63, 3.8) is 0 Å². The molecule has 0 spiro atoms. The molecule has 22 heavy (non-hydrogen) atoms. The first-order valence-electron chi connectivity index (χ1n) is 6.36. The van der Waals surface area contributed by atoms with Gasteiger partial charge in [-0.3, -0.25) is 10.1 Å². The number of carboxylic acids is 1. The summed E-state index contributed by atoms with van der Waals surface area (Å²) < 4.78 is 37.2. The molecule has 122 valence electrons. The zero-order chi connectivity index (χ0) is 16.5. The zero-order valence-corrected chi connectivity index (χ0v) is 12.2. The third kappa shape index (κ3) is 3.84. The van der Waals surface area contributed by atoms with Crippen LogP contribution in [0.5, 0.6) is 0 Å². The van der Waals surface area contributed by atoms with Gasteiger partial charge < -0.3 is 10.0 Å². The standard InChI is InChI=1S/C11H13F3N4O3S/c1-5-2-6(7(19)20)4-18(3-5)10(21)15-9-17-16-8(22-9)11(12,13)14/h5-6H,2-4H2,1H3,(H,19,20)(H,15,17,21). The van der Waals surface area contributed by atoms with Crippen molar-refractivity contribution >= 4 is 28.5 Å². The highest BCUT2D eigenvalue weighted by atomic mass is 32.1. The highest BCUT2D eigenvalue weighted by Crippen LogP contribution is 2.33. The number of carbonyl (C=O) groups is 2. The Morgan fingerprint density at radius 3 is 2.59 bits per heavy atom. The van der Waals surface area contributed by atoms with Crippen LogP contribution in [0.25, 0.3) is 0 Å². The minimum Gasteiger partial charge on any atom is -0.481 e. The second kappa shape index (κ2) is 6.07. The summed E-state index contributed by atoms with van der Waals surface area (Å²) in [6.07, 6.45) is -4.16. The van der Waals surface area contributed by atoms with E-state index in [0.29, 0.717) is 13.0 Å². The van der Waals surface area contributed by atoms with E-state index in [-0.39, 0.29) is 28.9 Å². The molecule has 1 aliphatic rings. The van der Waals surface area contributed by atoms with Gasteiger partial charge in [-0.1, -0.05) is 18.3 Å². The molecular formula is C11H13F3N4O3S. The minimum atomic E-state index is -4.62. The van der Waals surface area contributed by atoms with Gasteiger partial charge >= 0.3 is 18.2 Å². The number of carboxylic acid groups (broad SMARTS) is 1. The maximum atomic E-state index is 12.4. The van der Waals surface area contributed by atoms with E-state index in [9.17, 15) is 22.8 Å². The highest BCUT2D eigenvalue weighted by Gasteiger charge is 2.36. The van der Waals surface area contributed by atoms with E-state index in [1.54, 1.807) is 0 Å². The van der Waals surface area contributed by atoms with Crippen molar-refractivity contribution in [1.29, 1.82) is 0 Å². The Morgan fingerprint density at radius 1 is 1.36 bits per heavy atom. The first-order chi connectivity index (χ1) is 10.2. The number of carbonyl (C=O) groups excluding carboxylic acids is 1. The summed E-state index contributed by atoms with van der Waals surface area (Å²) in [6, 6.07) is -0.678. The van der Waals surface area contributed by atoms with Crippen molar-refractivity contribution in [1.82, 2.24) is 15.1 Å². The number of piperidine rings is 1. The van der Waals surface area contributed by atoms with Gasteiger partial charge in [-0.05, 0) is 12.3 Å². The van der Waals surface area contributed by atoms with E-state index in [4.69, 9.17) is 5.11 Å². The molecule has 2 unspecified atom stereocenters. The number of nitrogens with one attached hydrogen (secondary N) is 1. The molecule has 2 amide bonds. The number of aliphatic carboxylic acids is 1. The van der Waals surface area contributed by atoms with Crippen LogP contribution in [0, 0.1) is 11.8 Å². The maximum absolute atomic E-state index is 12.4. The van der Waals surface area contributed by atoms with E-state index in [1.165, 1.54) is 4.90 Å². The monoisotopic (exact) mass is 338 g/mol. The van der Waals surface area contributed by atoms with Gasteiger partial charge in [0.1, 0.15) is 0 Å². The molecule has 0 radical (unpaired) electrons. The molecule has 7 nitrogen and oxygen atoms in total. The van der Waals surface area contributed by atoms with Gasteiger partial charge in [0.25, 0.3) is 0 Å². The molecule has 0 saturated carbocycles. The lowest BCUT2D eigenvalue weighted by Gasteiger charge is -2.34. The van der Waals surface area contributed by atoms with Crippen LogP contribution < -0.4 is 5.32 Å². The Balaban J connectivity index is 2.02. The number of anilines is 1. The predicted octanol–water partition coefficient (Wildman–Crippen LogP) is 2.13. The van der Waals surface area contributed by atoms with Crippen LogP contribution in [0.1, 0.15) is 18.4 Å². The third-order valence-corrected chi connectivity index (χ3v) is 4.06. The topological polar surface area (TPSA) is 95.4 Å². The quantitative estimate of drug-likeness (QED) is 0.861. The smallest absolute Gasteiger partial charge is 0.445 e. The SMILES string of the molecule is CC1CC(C(=O)O)CN(C(=O)Nc2nnc(C(F)(F)F)s2)C1. The Labute approximate surface area is 127 Å². The molecule has 0 bridgehead atoms. The molecular weight excluding hydrogens is 325 g/mol. The fourth-order valence-corrected chi connectivity index (χ4v) is 2.86. The van der Waals surface area contributed by atoms with Gasteiger partial charge in [0, 0.05) is 13.1 Å². The van der Waals surface area contributed by atoms with Crippen LogP contribution in [0.2, 0.25) is 0 Å². The summed E-state index contributed by atoms with van der Waals surface area (Å²) in [5.41, 5.74) is 0. The van der Waals surface area contributed by atoms with Crippen LogP contribution in [0.15, 0.2) is 0 Å². The van der Waals surface area contributed by atoms with Crippen molar-refractivity contribution < 1.29 is 27.9 Å². The van der Waals surface area contributed by atoms with Crippen LogP contribution in [0.3, 0.4) is 0 Å². The van der Waals surface area contributed by atoms with Crippen molar-refractivity contribution in [3.05, 3.63) is 5.01 Å². The van der Waals surface area contributed by atoms with Gasteiger partial charge in [0.05, 0.1) is 5.92 Å². The number of halogens is 3. The number of rotatable bonds is 2. The van der Waals surface area contributed by atoms with E-state index in [2.05, 4.69) is 15.5 Å². The van der Waals surface area contributed by atoms with Crippen molar-refractivity contribution in [2.24, 2.45) is 11.8 Å². The first kappa shape index (κ1) is 16.5. The first-order valence-corrected chi connectivity index (χ1v) is 7.18. The maximum Gasteiger partial charge on any atom is 0.445 e. The normalized spacial score (nSPS) is 22.5. The Bertz CT molecular complexity index is 577. The molecule has 0 aromatic carbocycles. The highest BCUT2D eigenvalue weighted by molar-refractivity contribution is 7.15. The summed E-state index contributed by atoms with van der Waals surface area (Å²) in [5, 5.41) is 16.1. The summed E-state index contributed by atoms with van der Waals surface area (Å²) >= 11 is 0.218. The fourth-order valence-electron chi connectivity index (χ4n) is 2.26. The van der Waals surface area contributed by atoms with Gasteiger partial charge in [-0.15, -0.1) is 10.2 Å². The van der Waals surface area contributed by atoms with Crippen LogP contribution in [0.4, 0.5) is 23.1 Å². The summed E-state index contributed by atoms with van der Waals surface area (Å²) in [6.45, 7) is 2.15. The van der Waals surface area contributed by atoms with Crippen molar-refractivity contribution in [2.45, 2.75) is 19.5 Å². The van der Waals surface area contributed by atoms with Crippen LogP contribution in [-0.2, 0) is 11.0 Å². The number of alkyl halides is 3. The van der Waals surface area contributed by atoms with E-state index in [0.717, 1.165) is 0 Å². The second-order valence-electron chi connectivity index (χ2n) is 5.12. The van der Waals surface area contributed by atoms with Gasteiger partial charge in [0.15, 0.2) is 0 Å². The summed E-state index contributed by atoms with van der Waals surface area (Å²) in [4.78, 5) is 24.3. The number of hydrogen-bond acceptors (Lipinski definition) is 5. The number of aromatic nitrogens is 2. The zero-order valence-electron chi connectivity index (χ0n) is 11.4. The number of hydrogen-bond donors (Lipinski definition) is 2. The van der Waals surface area contributed by atoms with Crippen molar-refractivity contribution in [2.75, 3.05) is 18.4 Å². The number of likely N-dealkylation sites (tertiary alicyclic amines) is 1. The number of amides is 2. The van der Waals surface area contributed by atoms with E-state index >= 15 is 0 Å². The van der Waals surface area contributed by atoms with Gasteiger partial charge in [0.2, 0.25) is 10.1 Å². The Hall–Kier alpha value is -1.91. The molecule has 1 aromatic heterocycles. The third-order valence-electron chi connectivity index (χ3n) is 3.18. The molecule has 2 N–H and O–H groups in total. The average Bonchev–Trinajstić information content (AvgIpc) is 2.86. The van der Waals surface area contributed by atoms with Crippen LogP contribution in [-0.4, -0.2) is 45.3 Å². The molecule has 0 aliphatic carbocycles. The lowest BCUT2D eigenvalue weighted by atomic mass is 9.91. The predicted molar refractivity (Wildman–Crippen MR) is 70.4 cm³/mol. The van der Waals surface area contributed by atoms with Crippen molar-refractivity contribution in [3.8, 4) is 0 Å². The Kier molecular flexibility index (Phi) is 4.54. The minimum absolute atomic E-state index is 0.0104. The number of nitrogens with zero attached hydrogens (tertiary/aromatic N) is 3. The molecule has 1 aromatic rings. The van der Waals surface area contributed by atoms with Crippen LogP contribution >= 0.6 is 11.3 Å². The molecule has 1 saturated heterocycles. The lowest BCUT2D eigenvalue weighted by Crippen LogP contribution is -2.47.